The second-order valence-electron chi connectivity index (χ2n) is 6.35. The summed E-state index contributed by atoms with van der Waals surface area (Å²) in [5, 5.41) is 14.8. The van der Waals surface area contributed by atoms with Crippen molar-refractivity contribution in [1.29, 1.82) is 5.26 Å². The minimum Gasteiger partial charge on any atom is -0.493 e. The number of carbonyl (C=O) groups is 2. The molecule has 0 bridgehead atoms. The number of benzene rings is 2. The number of hydrogen-bond donors (Lipinski definition) is 2. The minimum atomic E-state index is -0.588. The average Bonchev–Trinajstić information content (AvgIpc) is 2.81. The Labute approximate surface area is 186 Å². The SMILES string of the molecule is CCNC(=O)COc1ccc(/C=C(\C#N)C(=O)Nc2ccc(OC)c(OC)c2)cc1OC. The molecule has 2 aromatic carbocycles. The highest BCUT2D eigenvalue weighted by atomic mass is 16.5. The predicted octanol–water partition coefficient (Wildman–Crippen LogP) is 2.77. The predicted molar refractivity (Wildman–Crippen MR) is 119 cm³/mol. The number of nitrogens with one attached hydrogen (secondary N) is 2. The number of nitrogens with zero attached hydrogens (tertiary/aromatic N) is 1. The molecule has 0 heterocycles. The fraction of sp³-hybridized carbons (Fsp3) is 0.261. The Balaban J connectivity index is 2.18. The fourth-order valence-corrected chi connectivity index (χ4v) is 2.71. The van der Waals surface area contributed by atoms with E-state index in [1.807, 2.05) is 13.0 Å². The van der Waals surface area contributed by atoms with Crippen molar-refractivity contribution in [2.75, 3.05) is 39.8 Å². The van der Waals surface area contributed by atoms with Crippen LogP contribution < -0.4 is 29.6 Å². The first-order valence-corrected chi connectivity index (χ1v) is 9.68. The lowest BCUT2D eigenvalue weighted by molar-refractivity contribution is -0.123. The molecule has 2 aromatic rings. The lowest BCUT2D eigenvalue weighted by Crippen LogP contribution is -2.28. The van der Waals surface area contributed by atoms with Crippen LogP contribution in [0.1, 0.15) is 12.5 Å². The molecule has 0 saturated heterocycles. The summed E-state index contributed by atoms with van der Waals surface area (Å²) in [6.07, 6.45) is 1.42. The fourth-order valence-electron chi connectivity index (χ4n) is 2.71. The molecule has 0 fully saturated rings. The van der Waals surface area contributed by atoms with Gasteiger partial charge in [-0.25, -0.2) is 0 Å². The standard InChI is InChI=1S/C23H25N3O6/c1-5-25-22(27)14-32-19-8-6-15(11-20(19)30-3)10-16(13-24)23(28)26-17-7-9-18(29-2)21(12-17)31-4/h6-12H,5,14H2,1-4H3,(H,25,27)(H,26,28)/b16-10+. The smallest absolute Gasteiger partial charge is 0.266 e. The summed E-state index contributed by atoms with van der Waals surface area (Å²) in [6, 6.07) is 11.6. The first-order chi connectivity index (χ1) is 15.4. The zero-order valence-electron chi connectivity index (χ0n) is 18.4. The Morgan fingerprint density at radius 2 is 1.62 bits per heavy atom. The Morgan fingerprint density at radius 1 is 0.969 bits per heavy atom. The molecule has 0 atom stereocenters. The van der Waals surface area contributed by atoms with Crippen molar-refractivity contribution in [3.8, 4) is 29.1 Å². The van der Waals surface area contributed by atoms with Crippen LogP contribution in [0.3, 0.4) is 0 Å². The summed E-state index contributed by atoms with van der Waals surface area (Å²) in [4.78, 5) is 24.2. The molecule has 0 saturated carbocycles. The minimum absolute atomic E-state index is 0.113. The lowest BCUT2D eigenvalue weighted by Gasteiger charge is -2.12. The van der Waals surface area contributed by atoms with Gasteiger partial charge in [0.15, 0.2) is 29.6 Å². The molecule has 2 N–H and O–H groups in total. The van der Waals surface area contributed by atoms with Crippen molar-refractivity contribution in [2.45, 2.75) is 6.92 Å². The molecule has 0 aliphatic rings. The number of amides is 2. The van der Waals surface area contributed by atoms with Gasteiger partial charge in [-0.05, 0) is 42.8 Å². The molecule has 168 valence electrons. The highest BCUT2D eigenvalue weighted by Gasteiger charge is 2.13. The molecule has 0 radical (unpaired) electrons. The van der Waals surface area contributed by atoms with Gasteiger partial charge in [0.25, 0.3) is 11.8 Å². The molecular formula is C23H25N3O6. The first-order valence-electron chi connectivity index (χ1n) is 9.68. The number of likely N-dealkylation sites (N-methyl/N-ethyl adjacent to an activating group) is 1. The Bertz CT molecular complexity index is 1040. The maximum Gasteiger partial charge on any atom is 0.266 e. The molecule has 0 aliphatic carbocycles. The van der Waals surface area contributed by atoms with Gasteiger partial charge in [-0.2, -0.15) is 5.26 Å². The molecule has 2 rings (SSSR count). The van der Waals surface area contributed by atoms with E-state index in [1.54, 1.807) is 36.4 Å². The van der Waals surface area contributed by atoms with Crippen molar-refractivity contribution in [3.63, 3.8) is 0 Å². The van der Waals surface area contributed by atoms with E-state index in [1.165, 1.54) is 27.4 Å². The van der Waals surface area contributed by atoms with Crippen LogP contribution in [0.15, 0.2) is 42.0 Å². The van der Waals surface area contributed by atoms with Gasteiger partial charge < -0.3 is 29.6 Å². The van der Waals surface area contributed by atoms with Crippen LogP contribution in [0.5, 0.6) is 23.0 Å². The zero-order valence-corrected chi connectivity index (χ0v) is 18.4. The third-order valence-corrected chi connectivity index (χ3v) is 4.24. The van der Waals surface area contributed by atoms with Gasteiger partial charge in [0.1, 0.15) is 11.6 Å². The number of ether oxygens (including phenoxy) is 4. The average molecular weight is 439 g/mol. The van der Waals surface area contributed by atoms with Gasteiger partial charge in [0.2, 0.25) is 0 Å². The van der Waals surface area contributed by atoms with Gasteiger partial charge in [0, 0.05) is 18.3 Å². The van der Waals surface area contributed by atoms with Crippen molar-refractivity contribution in [3.05, 3.63) is 47.5 Å². The van der Waals surface area contributed by atoms with Crippen LogP contribution in [0.2, 0.25) is 0 Å². The molecule has 9 nitrogen and oxygen atoms in total. The largest absolute Gasteiger partial charge is 0.493 e. The summed E-state index contributed by atoms with van der Waals surface area (Å²) in [7, 11) is 4.45. The monoisotopic (exact) mass is 439 g/mol. The van der Waals surface area contributed by atoms with E-state index in [4.69, 9.17) is 18.9 Å². The van der Waals surface area contributed by atoms with E-state index < -0.39 is 5.91 Å². The second kappa shape index (κ2) is 11.9. The van der Waals surface area contributed by atoms with E-state index >= 15 is 0 Å². The molecule has 32 heavy (non-hydrogen) atoms. The van der Waals surface area contributed by atoms with Crippen LogP contribution in [0, 0.1) is 11.3 Å². The van der Waals surface area contributed by atoms with Crippen molar-refractivity contribution >= 4 is 23.6 Å². The number of carbonyl (C=O) groups excluding carboxylic acids is 2. The molecule has 0 unspecified atom stereocenters. The number of anilines is 1. The van der Waals surface area contributed by atoms with Gasteiger partial charge in [-0.1, -0.05) is 6.07 Å². The van der Waals surface area contributed by atoms with E-state index in [2.05, 4.69) is 10.6 Å². The third kappa shape index (κ3) is 6.40. The molecule has 9 heteroatoms. The van der Waals surface area contributed by atoms with Gasteiger partial charge >= 0.3 is 0 Å². The Kier molecular flexibility index (Phi) is 8.92. The molecular weight excluding hydrogens is 414 g/mol. The zero-order chi connectivity index (χ0) is 23.5. The van der Waals surface area contributed by atoms with Crippen molar-refractivity contribution < 1.29 is 28.5 Å². The van der Waals surface area contributed by atoms with Crippen LogP contribution >= 0.6 is 0 Å². The summed E-state index contributed by atoms with van der Waals surface area (Å²) in [5.74, 6) is 0.848. The van der Waals surface area contributed by atoms with Gasteiger partial charge in [-0.15, -0.1) is 0 Å². The van der Waals surface area contributed by atoms with E-state index in [-0.39, 0.29) is 18.1 Å². The quantitative estimate of drug-likeness (QED) is 0.432. The number of rotatable bonds is 10. The normalized spacial score (nSPS) is 10.5. The topological polar surface area (TPSA) is 119 Å². The molecule has 0 spiro atoms. The Morgan fingerprint density at radius 3 is 2.25 bits per heavy atom. The highest BCUT2D eigenvalue weighted by Crippen LogP contribution is 2.31. The van der Waals surface area contributed by atoms with Crippen LogP contribution in [-0.2, 0) is 9.59 Å². The van der Waals surface area contributed by atoms with Crippen molar-refractivity contribution in [1.82, 2.24) is 5.32 Å². The summed E-state index contributed by atoms with van der Waals surface area (Å²) >= 11 is 0. The molecule has 0 aromatic heterocycles. The van der Waals surface area contributed by atoms with Gasteiger partial charge in [-0.3, -0.25) is 9.59 Å². The van der Waals surface area contributed by atoms with Crippen LogP contribution in [0.4, 0.5) is 5.69 Å². The van der Waals surface area contributed by atoms with E-state index in [0.29, 0.717) is 40.8 Å². The van der Waals surface area contributed by atoms with E-state index in [9.17, 15) is 14.9 Å². The van der Waals surface area contributed by atoms with Crippen LogP contribution in [0.25, 0.3) is 6.08 Å². The number of methoxy groups -OCH3 is 3. The summed E-state index contributed by atoms with van der Waals surface area (Å²) < 4.78 is 21.2. The maximum absolute atomic E-state index is 12.6. The maximum atomic E-state index is 12.6. The lowest BCUT2D eigenvalue weighted by atomic mass is 10.1. The Hall–Kier alpha value is -4.19. The first kappa shape index (κ1) is 24.1. The highest BCUT2D eigenvalue weighted by molar-refractivity contribution is 6.09. The van der Waals surface area contributed by atoms with Crippen molar-refractivity contribution in [2.24, 2.45) is 0 Å². The molecule has 2 amide bonds. The van der Waals surface area contributed by atoms with Gasteiger partial charge in [0.05, 0.1) is 21.3 Å². The summed E-state index contributed by atoms with van der Waals surface area (Å²) in [6.45, 7) is 2.16. The third-order valence-electron chi connectivity index (χ3n) is 4.24. The second-order valence-corrected chi connectivity index (χ2v) is 6.35. The number of nitriles is 1. The number of hydrogen-bond acceptors (Lipinski definition) is 7. The summed E-state index contributed by atoms with van der Waals surface area (Å²) in [5.41, 5.74) is 0.879. The van der Waals surface area contributed by atoms with Crippen LogP contribution in [-0.4, -0.2) is 46.3 Å². The molecule has 0 aliphatic heterocycles. The van der Waals surface area contributed by atoms with E-state index in [0.717, 1.165) is 0 Å².